The van der Waals surface area contributed by atoms with Gasteiger partial charge in [0.25, 0.3) is 0 Å². The third-order valence-corrected chi connectivity index (χ3v) is 4.49. The van der Waals surface area contributed by atoms with Crippen molar-refractivity contribution in [3.63, 3.8) is 0 Å². The summed E-state index contributed by atoms with van der Waals surface area (Å²) in [7, 11) is 1.90. The van der Waals surface area contributed by atoms with Gasteiger partial charge in [-0.3, -0.25) is 9.78 Å². The van der Waals surface area contributed by atoms with Crippen molar-refractivity contribution in [2.75, 3.05) is 7.05 Å². The van der Waals surface area contributed by atoms with Crippen LogP contribution in [0.15, 0.2) is 24.5 Å². The van der Waals surface area contributed by atoms with Crippen LogP contribution in [0, 0.1) is 5.92 Å². The fourth-order valence-corrected chi connectivity index (χ4v) is 3.31. The van der Waals surface area contributed by atoms with Crippen molar-refractivity contribution in [1.29, 1.82) is 0 Å². The van der Waals surface area contributed by atoms with Crippen LogP contribution in [-0.4, -0.2) is 34.9 Å². The highest BCUT2D eigenvalue weighted by atomic mass is 16.2. The Bertz CT molecular complexity index is 472. The minimum atomic E-state index is 0.109. The summed E-state index contributed by atoms with van der Waals surface area (Å²) in [4.78, 5) is 18.1. The topological polar surface area (TPSA) is 45.2 Å². The molecule has 20 heavy (non-hydrogen) atoms. The van der Waals surface area contributed by atoms with Gasteiger partial charge < -0.3 is 10.2 Å². The molecule has 4 nitrogen and oxygen atoms in total. The zero-order valence-electron chi connectivity index (χ0n) is 12.2. The Balaban J connectivity index is 1.72. The number of hydrogen-bond acceptors (Lipinski definition) is 3. The van der Waals surface area contributed by atoms with Crippen LogP contribution in [0.1, 0.15) is 44.2 Å². The van der Waals surface area contributed by atoms with Crippen molar-refractivity contribution < 1.29 is 4.79 Å². The molecule has 2 aliphatic rings. The molecule has 1 unspecified atom stereocenters. The van der Waals surface area contributed by atoms with Crippen LogP contribution in [0.2, 0.25) is 0 Å². The molecule has 3 rings (SSSR count). The molecular formula is C16H23N3O. The van der Waals surface area contributed by atoms with Crippen LogP contribution in [-0.2, 0) is 4.79 Å². The second kappa shape index (κ2) is 5.52. The lowest BCUT2D eigenvalue weighted by Gasteiger charge is -2.28. The van der Waals surface area contributed by atoms with Crippen molar-refractivity contribution in [2.24, 2.45) is 5.92 Å². The molecule has 1 N–H and O–H groups in total. The standard InChI is InChI=1S/C16H23N3O/c1-11(8-12-5-6-12)18-14-9-15(20)19(2)16(14)13-4-3-7-17-10-13/h3-4,7,10-12,14,16,18H,5-6,8-9H2,1-2H3/t11?,14-,16+/m1/s1. The number of nitrogens with zero attached hydrogens (tertiary/aromatic N) is 2. The van der Waals surface area contributed by atoms with Gasteiger partial charge in [0.1, 0.15) is 0 Å². The largest absolute Gasteiger partial charge is 0.337 e. The molecule has 1 aromatic heterocycles. The normalized spacial score (nSPS) is 27.9. The first-order valence-corrected chi connectivity index (χ1v) is 7.57. The van der Waals surface area contributed by atoms with Gasteiger partial charge in [0.2, 0.25) is 5.91 Å². The number of pyridine rings is 1. The molecule has 1 saturated heterocycles. The van der Waals surface area contributed by atoms with Gasteiger partial charge in [0.05, 0.1) is 6.04 Å². The quantitative estimate of drug-likeness (QED) is 0.894. The third kappa shape index (κ3) is 2.85. The first-order chi connectivity index (χ1) is 9.65. The highest BCUT2D eigenvalue weighted by Crippen LogP contribution is 2.35. The smallest absolute Gasteiger partial charge is 0.224 e. The fraction of sp³-hybridized carbons (Fsp3) is 0.625. The van der Waals surface area contributed by atoms with E-state index in [4.69, 9.17) is 0 Å². The van der Waals surface area contributed by atoms with Gasteiger partial charge in [0.15, 0.2) is 0 Å². The van der Waals surface area contributed by atoms with E-state index in [1.165, 1.54) is 19.3 Å². The van der Waals surface area contributed by atoms with Crippen LogP contribution in [0.25, 0.3) is 0 Å². The molecule has 0 spiro atoms. The summed E-state index contributed by atoms with van der Waals surface area (Å²) in [5.41, 5.74) is 1.12. The molecule has 4 heteroatoms. The van der Waals surface area contributed by atoms with Crippen molar-refractivity contribution in [2.45, 2.75) is 50.7 Å². The highest BCUT2D eigenvalue weighted by molar-refractivity contribution is 5.80. The Labute approximate surface area is 120 Å². The van der Waals surface area contributed by atoms with Crippen LogP contribution in [0.3, 0.4) is 0 Å². The lowest BCUT2D eigenvalue weighted by atomic mass is 10.00. The van der Waals surface area contributed by atoms with E-state index < -0.39 is 0 Å². The van der Waals surface area contributed by atoms with Gasteiger partial charge >= 0.3 is 0 Å². The van der Waals surface area contributed by atoms with E-state index in [1.807, 2.05) is 24.2 Å². The summed E-state index contributed by atoms with van der Waals surface area (Å²) in [6.07, 6.45) is 8.22. The highest BCUT2D eigenvalue weighted by Gasteiger charge is 2.39. The van der Waals surface area contributed by atoms with E-state index in [0.717, 1.165) is 11.5 Å². The van der Waals surface area contributed by atoms with E-state index in [1.54, 1.807) is 6.20 Å². The molecule has 0 radical (unpaired) electrons. The number of hydrogen-bond donors (Lipinski definition) is 1. The van der Waals surface area contributed by atoms with Crippen molar-refractivity contribution in [1.82, 2.24) is 15.2 Å². The fourth-order valence-electron chi connectivity index (χ4n) is 3.31. The number of likely N-dealkylation sites (tertiary alicyclic amines) is 1. The third-order valence-electron chi connectivity index (χ3n) is 4.49. The molecule has 1 amide bonds. The Kier molecular flexibility index (Phi) is 3.74. The maximum absolute atomic E-state index is 12.0. The van der Waals surface area contributed by atoms with Crippen molar-refractivity contribution in [3.05, 3.63) is 30.1 Å². The van der Waals surface area contributed by atoms with Gasteiger partial charge in [-0.15, -0.1) is 0 Å². The summed E-state index contributed by atoms with van der Waals surface area (Å²) < 4.78 is 0. The predicted octanol–water partition coefficient (Wildman–Crippen LogP) is 2.13. The molecule has 1 aliphatic carbocycles. The van der Waals surface area contributed by atoms with E-state index >= 15 is 0 Å². The number of carbonyl (C=O) groups is 1. The van der Waals surface area contributed by atoms with Gasteiger partial charge in [-0.1, -0.05) is 18.9 Å². The molecule has 1 aliphatic heterocycles. The SMILES string of the molecule is CC(CC1CC1)N[C@@H]1CC(=O)N(C)[C@H]1c1cccnc1. The second-order valence-electron chi connectivity index (χ2n) is 6.29. The van der Waals surface area contributed by atoms with E-state index in [0.29, 0.717) is 12.5 Å². The minimum absolute atomic E-state index is 0.109. The number of aromatic nitrogens is 1. The number of amides is 1. The zero-order chi connectivity index (χ0) is 14.1. The molecule has 0 bridgehead atoms. The number of carbonyl (C=O) groups excluding carboxylic acids is 1. The maximum atomic E-state index is 12.0. The summed E-state index contributed by atoms with van der Waals surface area (Å²) in [6, 6.07) is 4.79. The average Bonchev–Trinajstić information content (AvgIpc) is 3.18. The molecule has 3 atom stereocenters. The van der Waals surface area contributed by atoms with E-state index in [9.17, 15) is 4.79 Å². The second-order valence-corrected chi connectivity index (χ2v) is 6.29. The average molecular weight is 273 g/mol. The van der Waals surface area contributed by atoms with Gasteiger partial charge in [-0.05, 0) is 30.9 Å². The molecule has 2 fully saturated rings. The molecule has 108 valence electrons. The van der Waals surface area contributed by atoms with E-state index in [-0.39, 0.29) is 18.0 Å². The molecule has 1 saturated carbocycles. The Morgan fingerprint density at radius 3 is 2.95 bits per heavy atom. The van der Waals surface area contributed by atoms with Gasteiger partial charge in [-0.2, -0.15) is 0 Å². The first-order valence-electron chi connectivity index (χ1n) is 7.57. The van der Waals surface area contributed by atoms with Crippen LogP contribution < -0.4 is 5.32 Å². The predicted molar refractivity (Wildman–Crippen MR) is 78.1 cm³/mol. The lowest BCUT2D eigenvalue weighted by Crippen LogP contribution is -2.40. The number of rotatable bonds is 5. The monoisotopic (exact) mass is 273 g/mol. The number of likely N-dealkylation sites (N-methyl/N-ethyl adjacent to an activating group) is 1. The summed E-state index contributed by atoms with van der Waals surface area (Å²) in [5.74, 6) is 1.12. The zero-order valence-corrected chi connectivity index (χ0v) is 12.2. The van der Waals surface area contributed by atoms with Crippen molar-refractivity contribution in [3.8, 4) is 0 Å². The maximum Gasteiger partial charge on any atom is 0.224 e. The molecular weight excluding hydrogens is 250 g/mol. The summed E-state index contributed by atoms with van der Waals surface area (Å²) >= 11 is 0. The summed E-state index contributed by atoms with van der Waals surface area (Å²) in [5, 5.41) is 3.67. The van der Waals surface area contributed by atoms with Crippen LogP contribution in [0.4, 0.5) is 0 Å². The van der Waals surface area contributed by atoms with Crippen molar-refractivity contribution >= 4 is 5.91 Å². The summed E-state index contributed by atoms with van der Waals surface area (Å²) in [6.45, 7) is 2.24. The van der Waals surface area contributed by atoms with Gasteiger partial charge in [0, 0.05) is 37.9 Å². The Hall–Kier alpha value is -1.42. The first kappa shape index (κ1) is 13.6. The lowest BCUT2D eigenvalue weighted by molar-refractivity contribution is -0.127. The minimum Gasteiger partial charge on any atom is -0.337 e. The Morgan fingerprint density at radius 2 is 2.30 bits per heavy atom. The Morgan fingerprint density at radius 1 is 1.50 bits per heavy atom. The van der Waals surface area contributed by atoms with Gasteiger partial charge in [-0.25, -0.2) is 0 Å². The van der Waals surface area contributed by atoms with Crippen LogP contribution in [0.5, 0.6) is 0 Å². The van der Waals surface area contributed by atoms with E-state index in [2.05, 4.69) is 23.3 Å². The molecule has 2 heterocycles. The number of nitrogens with one attached hydrogen (secondary N) is 1. The molecule has 0 aromatic carbocycles. The molecule has 1 aromatic rings. The van der Waals surface area contributed by atoms with Crippen LogP contribution >= 0.6 is 0 Å².